The van der Waals surface area contributed by atoms with Crippen molar-refractivity contribution in [3.63, 3.8) is 0 Å². The summed E-state index contributed by atoms with van der Waals surface area (Å²) >= 11 is 1.68. The lowest BCUT2D eigenvalue weighted by atomic mass is 10.3. The number of rotatable bonds is 6. The van der Waals surface area contributed by atoms with Crippen molar-refractivity contribution in [2.45, 2.75) is 19.4 Å². The molecular weight excluding hydrogens is 220 g/mol. The van der Waals surface area contributed by atoms with Gasteiger partial charge in [-0.15, -0.1) is 11.3 Å². The van der Waals surface area contributed by atoms with Crippen LogP contribution in [0, 0.1) is 0 Å². The van der Waals surface area contributed by atoms with E-state index in [1.807, 2.05) is 13.1 Å². The molecule has 0 saturated carbocycles. The minimum absolute atomic E-state index is 0.0847. The van der Waals surface area contributed by atoms with E-state index < -0.39 is 0 Å². The first kappa shape index (κ1) is 13.4. The third-order valence-corrected chi connectivity index (χ3v) is 3.70. The van der Waals surface area contributed by atoms with E-state index in [1.165, 1.54) is 0 Å². The molecule has 1 unspecified atom stereocenters. The molecule has 0 aliphatic rings. The highest BCUT2D eigenvalue weighted by molar-refractivity contribution is 7.15. The lowest BCUT2D eigenvalue weighted by Crippen LogP contribution is -2.23. The van der Waals surface area contributed by atoms with Gasteiger partial charge < -0.3 is 15.5 Å². The largest absolute Gasteiger partial charge is 0.351 e. The number of nitrogens with zero attached hydrogens (tertiary/aromatic N) is 3. The monoisotopic (exact) mass is 242 g/mol. The summed E-state index contributed by atoms with van der Waals surface area (Å²) in [6, 6.07) is 0.0847. The molecule has 0 bridgehead atoms. The molecule has 0 radical (unpaired) electrons. The number of anilines is 1. The lowest BCUT2D eigenvalue weighted by Gasteiger charge is -2.17. The van der Waals surface area contributed by atoms with Crippen LogP contribution in [-0.2, 0) is 0 Å². The second-order valence-corrected chi connectivity index (χ2v) is 5.45. The molecule has 0 saturated heterocycles. The van der Waals surface area contributed by atoms with Crippen LogP contribution in [0.4, 0.5) is 5.13 Å². The molecule has 2 N–H and O–H groups in total. The van der Waals surface area contributed by atoms with Gasteiger partial charge in [-0.05, 0) is 34.0 Å². The Hall–Kier alpha value is -0.650. The summed E-state index contributed by atoms with van der Waals surface area (Å²) < 4.78 is 0. The van der Waals surface area contributed by atoms with Gasteiger partial charge in [0.1, 0.15) is 0 Å². The minimum atomic E-state index is 0.0847. The zero-order chi connectivity index (χ0) is 12.1. The molecule has 92 valence electrons. The maximum Gasteiger partial charge on any atom is 0.185 e. The van der Waals surface area contributed by atoms with Crippen molar-refractivity contribution in [1.82, 2.24) is 9.88 Å². The molecule has 0 amide bonds. The summed E-state index contributed by atoms with van der Waals surface area (Å²) in [5.74, 6) is 0. The molecule has 4 nitrogen and oxygen atoms in total. The van der Waals surface area contributed by atoms with Crippen molar-refractivity contribution in [2.75, 3.05) is 39.1 Å². The molecule has 1 aromatic heterocycles. The Balaban J connectivity index is 2.43. The number of thiazole rings is 1. The van der Waals surface area contributed by atoms with Gasteiger partial charge in [0, 0.05) is 30.7 Å². The molecule has 16 heavy (non-hydrogen) atoms. The third-order valence-electron chi connectivity index (χ3n) is 2.39. The number of hydrogen-bond donors (Lipinski definition) is 1. The smallest absolute Gasteiger partial charge is 0.185 e. The Bertz CT molecular complexity index is 309. The zero-order valence-electron chi connectivity index (χ0n) is 10.6. The number of hydrogen-bond acceptors (Lipinski definition) is 5. The molecule has 1 atom stereocenters. The van der Waals surface area contributed by atoms with E-state index in [0.29, 0.717) is 0 Å². The van der Waals surface area contributed by atoms with Gasteiger partial charge in [-0.1, -0.05) is 0 Å². The van der Waals surface area contributed by atoms with Crippen molar-refractivity contribution < 1.29 is 0 Å². The van der Waals surface area contributed by atoms with Crippen molar-refractivity contribution in [3.8, 4) is 0 Å². The highest BCUT2D eigenvalue weighted by Crippen LogP contribution is 2.25. The van der Waals surface area contributed by atoms with Gasteiger partial charge in [-0.2, -0.15) is 0 Å². The first-order chi connectivity index (χ1) is 7.50. The fraction of sp³-hybridized carbons (Fsp3) is 0.727. The van der Waals surface area contributed by atoms with Crippen LogP contribution in [0.1, 0.15) is 24.3 Å². The van der Waals surface area contributed by atoms with E-state index in [4.69, 9.17) is 5.73 Å². The minimum Gasteiger partial charge on any atom is -0.351 e. The summed E-state index contributed by atoms with van der Waals surface area (Å²) in [5.41, 5.74) is 5.81. The fourth-order valence-corrected chi connectivity index (χ4v) is 2.24. The predicted molar refractivity (Wildman–Crippen MR) is 71.2 cm³/mol. The van der Waals surface area contributed by atoms with Crippen LogP contribution in [0.5, 0.6) is 0 Å². The summed E-state index contributed by atoms with van der Waals surface area (Å²) in [7, 11) is 6.27. The standard InChI is InChI=1S/C11H22N4S/c1-9(12)10-8-13-11(16-10)15(4)7-5-6-14(2)3/h8-9H,5-7,12H2,1-4H3. The van der Waals surface area contributed by atoms with Crippen LogP contribution in [0.15, 0.2) is 6.20 Å². The van der Waals surface area contributed by atoms with Gasteiger partial charge in [-0.25, -0.2) is 4.98 Å². The number of aromatic nitrogens is 1. The Morgan fingerprint density at radius 2 is 2.06 bits per heavy atom. The highest BCUT2D eigenvalue weighted by Gasteiger charge is 2.09. The van der Waals surface area contributed by atoms with Crippen molar-refractivity contribution in [2.24, 2.45) is 5.73 Å². The Kier molecular flexibility index (Phi) is 5.18. The third kappa shape index (κ3) is 4.08. The van der Waals surface area contributed by atoms with E-state index in [1.54, 1.807) is 11.3 Å². The van der Waals surface area contributed by atoms with E-state index in [2.05, 4.69) is 35.9 Å². The first-order valence-corrected chi connectivity index (χ1v) is 6.39. The normalized spacial score (nSPS) is 13.1. The number of nitrogens with two attached hydrogens (primary N) is 1. The molecule has 1 aromatic rings. The second kappa shape index (κ2) is 6.18. The van der Waals surface area contributed by atoms with Crippen LogP contribution in [-0.4, -0.2) is 44.1 Å². The average molecular weight is 242 g/mol. The molecule has 0 aliphatic heterocycles. The Morgan fingerprint density at radius 3 is 2.56 bits per heavy atom. The molecule has 0 aliphatic carbocycles. The summed E-state index contributed by atoms with van der Waals surface area (Å²) in [4.78, 5) is 9.93. The maximum atomic E-state index is 5.81. The van der Waals surface area contributed by atoms with Gasteiger partial charge in [0.2, 0.25) is 0 Å². The fourth-order valence-electron chi connectivity index (χ4n) is 1.38. The van der Waals surface area contributed by atoms with E-state index in [9.17, 15) is 0 Å². The molecule has 5 heteroatoms. The topological polar surface area (TPSA) is 45.4 Å². The average Bonchev–Trinajstić information content (AvgIpc) is 2.65. The molecular formula is C11H22N4S. The lowest BCUT2D eigenvalue weighted by molar-refractivity contribution is 0.401. The van der Waals surface area contributed by atoms with Crippen LogP contribution in [0.25, 0.3) is 0 Å². The molecule has 0 fully saturated rings. The van der Waals surface area contributed by atoms with Gasteiger partial charge in [-0.3, -0.25) is 0 Å². The second-order valence-electron chi connectivity index (χ2n) is 4.41. The van der Waals surface area contributed by atoms with Crippen LogP contribution >= 0.6 is 11.3 Å². The van der Waals surface area contributed by atoms with E-state index in [-0.39, 0.29) is 6.04 Å². The first-order valence-electron chi connectivity index (χ1n) is 5.58. The molecule has 1 heterocycles. The van der Waals surface area contributed by atoms with Crippen LogP contribution in [0.3, 0.4) is 0 Å². The van der Waals surface area contributed by atoms with Gasteiger partial charge in [0.05, 0.1) is 0 Å². The maximum absolute atomic E-state index is 5.81. The molecule has 0 spiro atoms. The highest BCUT2D eigenvalue weighted by atomic mass is 32.1. The van der Waals surface area contributed by atoms with Crippen molar-refractivity contribution in [3.05, 3.63) is 11.1 Å². The predicted octanol–water partition coefficient (Wildman–Crippen LogP) is 1.55. The SMILES string of the molecule is CC(N)c1cnc(N(C)CCCN(C)C)s1. The van der Waals surface area contributed by atoms with Gasteiger partial charge >= 0.3 is 0 Å². The quantitative estimate of drug-likeness (QED) is 0.822. The van der Waals surface area contributed by atoms with Crippen molar-refractivity contribution >= 4 is 16.5 Å². The molecule has 0 aromatic carbocycles. The summed E-state index contributed by atoms with van der Waals surface area (Å²) in [6.07, 6.45) is 3.03. The molecule has 1 rings (SSSR count). The summed E-state index contributed by atoms with van der Waals surface area (Å²) in [5, 5.41) is 1.06. The van der Waals surface area contributed by atoms with Gasteiger partial charge in [0.25, 0.3) is 0 Å². The van der Waals surface area contributed by atoms with E-state index >= 15 is 0 Å². The van der Waals surface area contributed by atoms with Crippen LogP contribution in [0.2, 0.25) is 0 Å². The van der Waals surface area contributed by atoms with E-state index in [0.717, 1.165) is 29.5 Å². The van der Waals surface area contributed by atoms with Crippen molar-refractivity contribution in [1.29, 1.82) is 0 Å². The van der Waals surface area contributed by atoms with Gasteiger partial charge in [0.15, 0.2) is 5.13 Å². The summed E-state index contributed by atoms with van der Waals surface area (Å²) in [6.45, 7) is 4.13. The Morgan fingerprint density at radius 1 is 1.38 bits per heavy atom. The van der Waals surface area contributed by atoms with Crippen LogP contribution < -0.4 is 10.6 Å². The zero-order valence-corrected chi connectivity index (χ0v) is 11.4. The Labute approximate surface area is 102 Å².